The average Bonchev–Trinajstić information content (AvgIpc) is 2.90. The van der Waals surface area contributed by atoms with E-state index in [2.05, 4.69) is 50.5 Å². The predicted molar refractivity (Wildman–Crippen MR) is 86.2 cm³/mol. The van der Waals surface area contributed by atoms with Crippen LogP contribution in [0.1, 0.15) is 10.6 Å². The summed E-state index contributed by atoms with van der Waals surface area (Å²) in [6, 6.07) is 6.19. The SMILES string of the molecule is COCCNCCc1nnc(-c2cccc(C)c2Br)s1. The van der Waals surface area contributed by atoms with Gasteiger partial charge in [0.15, 0.2) is 0 Å². The van der Waals surface area contributed by atoms with E-state index in [1.54, 1.807) is 18.4 Å². The summed E-state index contributed by atoms with van der Waals surface area (Å²) in [5, 5.41) is 13.9. The van der Waals surface area contributed by atoms with Crippen molar-refractivity contribution in [3.8, 4) is 10.6 Å². The molecular weight excluding hydrogens is 338 g/mol. The highest BCUT2D eigenvalue weighted by atomic mass is 79.9. The molecule has 20 heavy (non-hydrogen) atoms. The molecule has 0 fully saturated rings. The van der Waals surface area contributed by atoms with Gasteiger partial charge in [0.2, 0.25) is 0 Å². The molecule has 0 unspecified atom stereocenters. The van der Waals surface area contributed by atoms with Crippen LogP contribution in [0.2, 0.25) is 0 Å². The number of benzene rings is 1. The van der Waals surface area contributed by atoms with Crippen molar-refractivity contribution in [2.75, 3.05) is 26.8 Å². The first-order valence-corrected chi connectivity index (χ1v) is 8.11. The zero-order valence-electron chi connectivity index (χ0n) is 11.6. The molecule has 0 aliphatic rings. The normalized spacial score (nSPS) is 10.9. The molecule has 1 heterocycles. The number of aromatic nitrogens is 2. The number of rotatable bonds is 7. The molecule has 0 amide bonds. The number of aryl methyl sites for hydroxylation is 1. The second-order valence-electron chi connectivity index (χ2n) is 4.43. The molecule has 0 aliphatic carbocycles. The summed E-state index contributed by atoms with van der Waals surface area (Å²) in [6.45, 7) is 4.57. The topological polar surface area (TPSA) is 47.0 Å². The fourth-order valence-corrected chi connectivity index (χ4v) is 3.22. The largest absolute Gasteiger partial charge is 0.383 e. The predicted octanol–water partition coefficient (Wildman–Crippen LogP) is 3.05. The molecule has 0 bridgehead atoms. The van der Waals surface area contributed by atoms with Crippen LogP contribution in [0.25, 0.3) is 10.6 Å². The van der Waals surface area contributed by atoms with Gasteiger partial charge in [-0.3, -0.25) is 0 Å². The molecule has 6 heteroatoms. The Bertz CT molecular complexity index is 559. The van der Waals surface area contributed by atoms with Gasteiger partial charge in [-0.1, -0.05) is 29.5 Å². The monoisotopic (exact) mass is 355 g/mol. The third kappa shape index (κ3) is 4.09. The van der Waals surface area contributed by atoms with E-state index in [1.807, 2.05) is 6.07 Å². The Hall–Kier alpha value is -0.820. The van der Waals surface area contributed by atoms with Gasteiger partial charge in [0.25, 0.3) is 0 Å². The van der Waals surface area contributed by atoms with E-state index < -0.39 is 0 Å². The van der Waals surface area contributed by atoms with Gasteiger partial charge in [0.05, 0.1) is 6.61 Å². The highest BCUT2D eigenvalue weighted by Gasteiger charge is 2.10. The summed E-state index contributed by atoms with van der Waals surface area (Å²) in [6.07, 6.45) is 0.894. The number of methoxy groups -OCH3 is 1. The Balaban J connectivity index is 1.97. The van der Waals surface area contributed by atoms with Gasteiger partial charge in [-0.15, -0.1) is 10.2 Å². The Morgan fingerprint density at radius 1 is 1.30 bits per heavy atom. The quantitative estimate of drug-likeness (QED) is 0.775. The van der Waals surface area contributed by atoms with Crippen LogP contribution < -0.4 is 5.32 Å². The fourth-order valence-electron chi connectivity index (χ4n) is 1.77. The number of nitrogens with one attached hydrogen (secondary N) is 1. The molecule has 0 saturated heterocycles. The molecule has 0 radical (unpaired) electrons. The van der Waals surface area contributed by atoms with Crippen molar-refractivity contribution in [2.45, 2.75) is 13.3 Å². The van der Waals surface area contributed by atoms with Crippen LogP contribution in [-0.4, -0.2) is 37.0 Å². The van der Waals surface area contributed by atoms with Crippen molar-refractivity contribution in [2.24, 2.45) is 0 Å². The molecule has 1 N–H and O–H groups in total. The van der Waals surface area contributed by atoms with Crippen molar-refractivity contribution in [1.82, 2.24) is 15.5 Å². The molecule has 2 rings (SSSR count). The third-order valence-electron chi connectivity index (χ3n) is 2.89. The van der Waals surface area contributed by atoms with Gasteiger partial charge >= 0.3 is 0 Å². The zero-order chi connectivity index (χ0) is 14.4. The Morgan fingerprint density at radius 3 is 2.95 bits per heavy atom. The van der Waals surface area contributed by atoms with Gasteiger partial charge in [-0.25, -0.2) is 0 Å². The highest BCUT2D eigenvalue weighted by Crippen LogP contribution is 2.32. The lowest BCUT2D eigenvalue weighted by molar-refractivity contribution is 0.199. The summed E-state index contributed by atoms with van der Waals surface area (Å²) in [4.78, 5) is 0. The standard InChI is InChI=1S/C14H18BrN3OS/c1-10-4-3-5-11(13(10)15)14-18-17-12(20-14)6-7-16-8-9-19-2/h3-5,16H,6-9H2,1-2H3. The summed E-state index contributed by atoms with van der Waals surface area (Å²) >= 11 is 5.27. The summed E-state index contributed by atoms with van der Waals surface area (Å²) in [5.41, 5.74) is 2.32. The van der Waals surface area contributed by atoms with Gasteiger partial charge in [-0.2, -0.15) is 0 Å². The number of halogens is 1. The summed E-state index contributed by atoms with van der Waals surface area (Å²) < 4.78 is 6.09. The molecule has 4 nitrogen and oxygen atoms in total. The highest BCUT2D eigenvalue weighted by molar-refractivity contribution is 9.10. The molecule has 108 valence electrons. The number of hydrogen-bond donors (Lipinski definition) is 1. The fraction of sp³-hybridized carbons (Fsp3) is 0.429. The Kier molecular flexibility index (Phi) is 6.09. The van der Waals surface area contributed by atoms with Gasteiger partial charge in [0.1, 0.15) is 10.0 Å². The van der Waals surface area contributed by atoms with Gasteiger partial charge in [0, 0.05) is 36.7 Å². The average molecular weight is 356 g/mol. The van der Waals surface area contributed by atoms with E-state index in [9.17, 15) is 0 Å². The second-order valence-corrected chi connectivity index (χ2v) is 6.29. The van der Waals surface area contributed by atoms with E-state index in [0.717, 1.165) is 46.2 Å². The lowest BCUT2D eigenvalue weighted by Crippen LogP contribution is -2.21. The molecular formula is C14H18BrN3OS. The van der Waals surface area contributed by atoms with E-state index in [0.29, 0.717) is 0 Å². The van der Waals surface area contributed by atoms with Crippen LogP contribution in [0.4, 0.5) is 0 Å². The third-order valence-corrected chi connectivity index (χ3v) is 4.96. The first-order valence-electron chi connectivity index (χ1n) is 6.50. The summed E-state index contributed by atoms with van der Waals surface area (Å²) in [7, 11) is 1.71. The number of ether oxygens (including phenoxy) is 1. The van der Waals surface area contributed by atoms with E-state index in [4.69, 9.17) is 4.74 Å². The number of nitrogens with zero attached hydrogens (tertiary/aromatic N) is 2. The molecule has 0 spiro atoms. The van der Waals surface area contributed by atoms with Crippen molar-refractivity contribution in [3.05, 3.63) is 33.2 Å². The Morgan fingerprint density at radius 2 is 2.15 bits per heavy atom. The molecule has 1 aromatic heterocycles. The first-order chi connectivity index (χ1) is 9.72. The maximum Gasteiger partial charge on any atom is 0.148 e. The number of hydrogen-bond acceptors (Lipinski definition) is 5. The van der Waals surface area contributed by atoms with Crippen molar-refractivity contribution in [1.29, 1.82) is 0 Å². The zero-order valence-corrected chi connectivity index (χ0v) is 14.1. The molecule has 1 aromatic carbocycles. The van der Waals surface area contributed by atoms with E-state index in [-0.39, 0.29) is 0 Å². The van der Waals surface area contributed by atoms with Gasteiger partial charge in [-0.05, 0) is 28.4 Å². The summed E-state index contributed by atoms with van der Waals surface area (Å²) in [5.74, 6) is 0. The van der Waals surface area contributed by atoms with Crippen LogP contribution >= 0.6 is 27.3 Å². The Labute approximate surface area is 131 Å². The van der Waals surface area contributed by atoms with Crippen LogP contribution in [-0.2, 0) is 11.2 Å². The van der Waals surface area contributed by atoms with E-state index in [1.165, 1.54) is 5.56 Å². The molecule has 0 aliphatic heterocycles. The second kappa shape index (κ2) is 7.83. The van der Waals surface area contributed by atoms with Crippen molar-refractivity contribution >= 4 is 27.3 Å². The first kappa shape index (κ1) is 15.6. The molecule has 0 atom stereocenters. The maximum absolute atomic E-state index is 4.99. The smallest absolute Gasteiger partial charge is 0.148 e. The molecule has 2 aromatic rings. The van der Waals surface area contributed by atoms with Crippen molar-refractivity contribution in [3.63, 3.8) is 0 Å². The lowest BCUT2D eigenvalue weighted by Gasteiger charge is -2.02. The minimum absolute atomic E-state index is 0.734. The van der Waals surface area contributed by atoms with Crippen molar-refractivity contribution < 1.29 is 4.74 Å². The maximum atomic E-state index is 4.99. The van der Waals surface area contributed by atoms with Crippen LogP contribution in [0.15, 0.2) is 22.7 Å². The van der Waals surface area contributed by atoms with Crippen LogP contribution in [0, 0.1) is 6.92 Å². The molecule has 0 saturated carbocycles. The minimum atomic E-state index is 0.734. The van der Waals surface area contributed by atoms with Crippen LogP contribution in [0.5, 0.6) is 0 Å². The van der Waals surface area contributed by atoms with Crippen LogP contribution in [0.3, 0.4) is 0 Å². The van der Waals surface area contributed by atoms with Gasteiger partial charge < -0.3 is 10.1 Å². The minimum Gasteiger partial charge on any atom is -0.383 e. The lowest BCUT2D eigenvalue weighted by atomic mass is 10.1. The van der Waals surface area contributed by atoms with E-state index >= 15 is 0 Å².